The lowest BCUT2D eigenvalue weighted by Gasteiger charge is -2.19. The van der Waals surface area contributed by atoms with E-state index >= 15 is 0 Å². The quantitative estimate of drug-likeness (QED) is 0.833. The topological polar surface area (TPSA) is 62.3 Å². The van der Waals surface area contributed by atoms with Crippen molar-refractivity contribution in [2.24, 2.45) is 0 Å². The summed E-state index contributed by atoms with van der Waals surface area (Å²) in [6, 6.07) is 7.42. The monoisotopic (exact) mass is 351 g/mol. The fourth-order valence-corrected chi connectivity index (χ4v) is 3.65. The molecule has 0 saturated heterocycles. The Labute approximate surface area is 142 Å². The third-order valence-corrected chi connectivity index (χ3v) is 5.35. The van der Waals surface area contributed by atoms with Gasteiger partial charge in [-0.2, -0.15) is 0 Å². The van der Waals surface area contributed by atoms with Crippen molar-refractivity contribution < 1.29 is 12.8 Å². The lowest BCUT2D eigenvalue weighted by Crippen LogP contribution is -2.25. The van der Waals surface area contributed by atoms with Crippen LogP contribution in [0.5, 0.6) is 0 Å². The van der Waals surface area contributed by atoms with Crippen LogP contribution < -0.4 is 9.62 Å². The van der Waals surface area contributed by atoms with Crippen LogP contribution in [0.4, 0.5) is 10.2 Å². The number of aryl methyl sites for hydroxylation is 1. The second-order valence-corrected chi connectivity index (χ2v) is 7.17. The lowest BCUT2D eigenvalue weighted by molar-refractivity contribution is 0.576. The van der Waals surface area contributed by atoms with E-state index in [2.05, 4.69) is 28.5 Å². The molecule has 5 nitrogen and oxygen atoms in total. The number of nitrogens with zero attached hydrogens (tertiary/aromatic N) is 2. The van der Waals surface area contributed by atoms with E-state index in [1.165, 1.54) is 12.1 Å². The number of benzene rings is 1. The van der Waals surface area contributed by atoms with Gasteiger partial charge in [0.1, 0.15) is 11.6 Å². The highest BCUT2D eigenvalue weighted by atomic mass is 32.2. The Balaban J connectivity index is 2.11. The molecule has 0 atom stereocenters. The Bertz CT molecular complexity index is 788. The Kier molecular flexibility index (Phi) is 5.90. The molecular formula is C17H22FN3O2S. The third-order valence-electron chi connectivity index (χ3n) is 3.80. The van der Waals surface area contributed by atoms with Gasteiger partial charge in [0.15, 0.2) is 0 Å². The Hall–Kier alpha value is -1.99. The Morgan fingerprint density at radius 3 is 2.46 bits per heavy atom. The Morgan fingerprint density at radius 1 is 1.17 bits per heavy atom. The molecule has 0 saturated carbocycles. The van der Waals surface area contributed by atoms with Crippen LogP contribution in [0.15, 0.2) is 41.4 Å². The standard InChI is InChI=1S/C17H22FN3O2S/c1-4-21(5-2)17-9-7-14(11-19-17)12-20-24(22,23)16-10-15(18)8-6-13(16)3/h6-11,20H,4-5,12H2,1-3H3. The molecular weight excluding hydrogens is 329 g/mol. The molecule has 0 aliphatic heterocycles. The number of sulfonamides is 1. The van der Waals surface area contributed by atoms with Crippen molar-refractivity contribution in [2.45, 2.75) is 32.2 Å². The number of pyridine rings is 1. The molecule has 1 N–H and O–H groups in total. The van der Waals surface area contributed by atoms with E-state index in [1.54, 1.807) is 13.1 Å². The summed E-state index contributed by atoms with van der Waals surface area (Å²) in [5, 5.41) is 0. The van der Waals surface area contributed by atoms with Gasteiger partial charge in [-0.1, -0.05) is 12.1 Å². The summed E-state index contributed by atoms with van der Waals surface area (Å²) in [6.45, 7) is 7.55. The van der Waals surface area contributed by atoms with Crippen LogP contribution in [-0.2, 0) is 16.6 Å². The van der Waals surface area contributed by atoms with Crippen LogP contribution in [-0.4, -0.2) is 26.5 Å². The van der Waals surface area contributed by atoms with Crippen molar-refractivity contribution in [1.82, 2.24) is 9.71 Å². The highest BCUT2D eigenvalue weighted by Crippen LogP contribution is 2.17. The zero-order chi connectivity index (χ0) is 17.7. The first kappa shape index (κ1) is 18.4. The maximum absolute atomic E-state index is 13.3. The van der Waals surface area contributed by atoms with Gasteiger partial charge in [-0.3, -0.25) is 0 Å². The van der Waals surface area contributed by atoms with Crippen LogP contribution >= 0.6 is 0 Å². The molecule has 0 fully saturated rings. The summed E-state index contributed by atoms with van der Waals surface area (Å²) < 4.78 is 40.5. The van der Waals surface area contributed by atoms with Gasteiger partial charge in [0.25, 0.3) is 0 Å². The van der Waals surface area contributed by atoms with Crippen LogP contribution in [0.25, 0.3) is 0 Å². The summed E-state index contributed by atoms with van der Waals surface area (Å²) in [7, 11) is -3.78. The van der Waals surface area contributed by atoms with Crippen molar-refractivity contribution in [3.05, 3.63) is 53.5 Å². The number of anilines is 1. The van der Waals surface area contributed by atoms with Gasteiger partial charge in [0.05, 0.1) is 4.90 Å². The van der Waals surface area contributed by atoms with Gasteiger partial charge in [0.2, 0.25) is 10.0 Å². The highest BCUT2D eigenvalue weighted by Gasteiger charge is 2.17. The summed E-state index contributed by atoms with van der Waals surface area (Å²) in [6.07, 6.45) is 1.65. The second-order valence-electron chi connectivity index (χ2n) is 5.43. The average Bonchev–Trinajstić information content (AvgIpc) is 2.57. The van der Waals surface area contributed by atoms with Crippen molar-refractivity contribution in [3.63, 3.8) is 0 Å². The van der Waals surface area contributed by atoms with Gasteiger partial charge in [0, 0.05) is 25.8 Å². The largest absolute Gasteiger partial charge is 0.357 e. The van der Waals surface area contributed by atoms with Crippen molar-refractivity contribution >= 4 is 15.8 Å². The summed E-state index contributed by atoms with van der Waals surface area (Å²) in [5.74, 6) is 0.277. The smallest absolute Gasteiger partial charge is 0.241 e. The van der Waals surface area contributed by atoms with Gasteiger partial charge < -0.3 is 4.90 Å². The molecule has 0 radical (unpaired) electrons. The van der Waals surface area contributed by atoms with E-state index in [-0.39, 0.29) is 11.4 Å². The van der Waals surface area contributed by atoms with Gasteiger partial charge >= 0.3 is 0 Å². The normalized spacial score (nSPS) is 11.5. The minimum atomic E-state index is -3.78. The van der Waals surface area contributed by atoms with E-state index in [4.69, 9.17) is 0 Å². The van der Waals surface area contributed by atoms with Gasteiger partial charge in [-0.25, -0.2) is 22.5 Å². The first-order valence-electron chi connectivity index (χ1n) is 7.83. The number of nitrogens with one attached hydrogen (secondary N) is 1. The van der Waals surface area contributed by atoms with Crippen molar-refractivity contribution in [2.75, 3.05) is 18.0 Å². The maximum Gasteiger partial charge on any atom is 0.241 e. The van der Waals surface area contributed by atoms with E-state index in [0.29, 0.717) is 5.56 Å². The molecule has 130 valence electrons. The molecule has 0 spiro atoms. The highest BCUT2D eigenvalue weighted by molar-refractivity contribution is 7.89. The predicted molar refractivity (Wildman–Crippen MR) is 93.0 cm³/mol. The van der Waals surface area contributed by atoms with Crippen LogP contribution in [0.3, 0.4) is 0 Å². The molecule has 0 aliphatic rings. The van der Waals surface area contributed by atoms with Gasteiger partial charge in [-0.15, -0.1) is 0 Å². The molecule has 24 heavy (non-hydrogen) atoms. The zero-order valence-corrected chi connectivity index (χ0v) is 14.9. The number of hydrogen-bond acceptors (Lipinski definition) is 4. The van der Waals surface area contributed by atoms with Crippen LogP contribution in [0.1, 0.15) is 25.0 Å². The molecule has 1 aromatic heterocycles. The number of hydrogen-bond donors (Lipinski definition) is 1. The molecule has 1 heterocycles. The molecule has 2 aromatic rings. The zero-order valence-electron chi connectivity index (χ0n) is 14.1. The predicted octanol–water partition coefficient (Wildman–Crippen LogP) is 2.85. The average molecular weight is 351 g/mol. The first-order chi connectivity index (χ1) is 11.4. The molecule has 0 bridgehead atoms. The molecule has 0 amide bonds. The van der Waals surface area contributed by atoms with E-state index in [1.807, 2.05) is 12.1 Å². The lowest BCUT2D eigenvalue weighted by atomic mass is 10.2. The number of halogens is 1. The Morgan fingerprint density at radius 2 is 1.88 bits per heavy atom. The van der Waals surface area contributed by atoms with Crippen molar-refractivity contribution in [1.29, 1.82) is 0 Å². The number of aromatic nitrogens is 1. The minimum absolute atomic E-state index is 0.0461. The third kappa shape index (κ3) is 4.30. The fourth-order valence-electron chi connectivity index (χ4n) is 2.38. The van der Waals surface area contributed by atoms with Crippen LogP contribution in [0.2, 0.25) is 0 Å². The molecule has 7 heteroatoms. The molecule has 1 aromatic carbocycles. The molecule has 0 aliphatic carbocycles. The fraction of sp³-hybridized carbons (Fsp3) is 0.353. The van der Waals surface area contributed by atoms with E-state index < -0.39 is 15.8 Å². The van der Waals surface area contributed by atoms with E-state index in [9.17, 15) is 12.8 Å². The second kappa shape index (κ2) is 7.72. The minimum Gasteiger partial charge on any atom is -0.357 e. The first-order valence-corrected chi connectivity index (χ1v) is 9.31. The van der Waals surface area contributed by atoms with Gasteiger partial charge in [-0.05, 0) is 50.1 Å². The maximum atomic E-state index is 13.3. The molecule has 2 rings (SSSR count). The van der Waals surface area contributed by atoms with Crippen molar-refractivity contribution in [3.8, 4) is 0 Å². The number of rotatable bonds is 7. The summed E-state index contributed by atoms with van der Waals surface area (Å²) in [4.78, 5) is 6.41. The summed E-state index contributed by atoms with van der Waals surface area (Å²) >= 11 is 0. The summed E-state index contributed by atoms with van der Waals surface area (Å²) in [5.41, 5.74) is 1.24. The van der Waals surface area contributed by atoms with E-state index in [0.717, 1.165) is 30.5 Å². The van der Waals surface area contributed by atoms with Crippen LogP contribution in [0, 0.1) is 12.7 Å². The molecule has 0 unspecified atom stereocenters. The SMILES string of the molecule is CCN(CC)c1ccc(CNS(=O)(=O)c2cc(F)ccc2C)cn1.